The Morgan fingerprint density at radius 1 is 1.52 bits per heavy atom. The highest BCUT2D eigenvalue weighted by Gasteiger charge is 2.17. The van der Waals surface area contributed by atoms with Crippen LogP contribution in [-0.2, 0) is 0 Å². The van der Waals surface area contributed by atoms with Crippen molar-refractivity contribution in [2.24, 2.45) is 5.10 Å². The molecule has 0 aliphatic carbocycles. The summed E-state index contributed by atoms with van der Waals surface area (Å²) in [6, 6.07) is 3.57. The third-order valence-corrected chi connectivity index (χ3v) is 3.64. The second-order valence-corrected chi connectivity index (χ2v) is 5.45. The molecule has 1 aromatic heterocycles. The third-order valence-electron chi connectivity index (χ3n) is 2.79. The molecule has 0 amide bonds. The maximum Gasteiger partial charge on any atom is 0.296 e. The number of fused-ring (bicyclic) bond motifs is 1. The van der Waals surface area contributed by atoms with Crippen molar-refractivity contribution in [1.82, 2.24) is 14.9 Å². The van der Waals surface area contributed by atoms with Gasteiger partial charge in [-0.3, -0.25) is 9.89 Å². The summed E-state index contributed by atoms with van der Waals surface area (Å²) in [5.74, 6) is 1.27. The van der Waals surface area contributed by atoms with E-state index in [1.54, 1.807) is 13.0 Å². The van der Waals surface area contributed by atoms with E-state index in [-0.39, 0.29) is 22.8 Å². The number of aryl methyl sites for hydroxylation is 1. The fourth-order valence-corrected chi connectivity index (χ4v) is 2.51. The number of nitrogens with zero attached hydrogens (tertiary/aromatic N) is 3. The van der Waals surface area contributed by atoms with Crippen molar-refractivity contribution in [2.45, 2.75) is 6.92 Å². The van der Waals surface area contributed by atoms with Crippen molar-refractivity contribution in [3.8, 4) is 11.5 Å². The number of halogens is 1. The summed E-state index contributed by atoms with van der Waals surface area (Å²) >= 11 is 8.39. The van der Waals surface area contributed by atoms with Crippen molar-refractivity contribution in [1.29, 1.82) is 0 Å². The van der Waals surface area contributed by atoms with Crippen LogP contribution in [0, 0.1) is 11.7 Å². The average molecular weight is 369 g/mol. The minimum absolute atomic E-state index is 0.127. The van der Waals surface area contributed by atoms with Crippen molar-refractivity contribution >= 4 is 34.4 Å². The Balaban J connectivity index is 2.02. The zero-order valence-electron chi connectivity index (χ0n) is 10.8. The third kappa shape index (κ3) is 2.61. The first-order valence-electron chi connectivity index (χ1n) is 5.88. The Kier molecular flexibility index (Phi) is 3.60. The first-order chi connectivity index (χ1) is 10.1. The number of H-pyrrole nitrogens is 1. The van der Waals surface area contributed by atoms with E-state index in [1.165, 1.54) is 6.21 Å². The van der Waals surface area contributed by atoms with Crippen LogP contribution in [0.4, 0.5) is 0 Å². The first kappa shape index (κ1) is 14.0. The molecule has 9 heteroatoms. The van der Waals surface area contributed by atoms with Crippen molar-refractivity contribution < 1.29 is 9.47 Å². The molecule has 1 aliphatic heterocycles. The van der Waals surface area contributed by atoms with Gasteiger partial charge in [-0.25, -0.2) is 0 Å². The molecule has 0 radical (unpaired) electrons. The summed E-state index contributed by atoms with van der Waals surface area (Å²) in [4.78, 5) is 11.9. The molecule has 0 bridgehead atoms. The molecule has 1 aromatic carbocycles. The summed E-state index contributed by atoms with van der Waals surface area (Å²) < 4.78 is 12.6. The molecular weight excluding hydrogens is 360 g/mol. The molecule has 1 aliphatic rings. The zero-order valence-corrected chi connectivity index (χ0v) is 13.2. The number of benzene rings is 1. The van der Waals surface area contributed by atoms with E-state index in [0.29, 0.717) is 11.5 Å². The number of ether oxygens (including phenoxy) is 2. The lowest BCUT2D eigenvalue weighted by atomic mass is 10.2. The highest BCUT2D eigenvalue weighted by Crippen LogP contribution is 2.39. The summed E-state index contributed by atoms with van der Waals surface area (Å²) in [6.07, 6.45) is 1.51. The van der Waals surface area contributed by atoms with Crippen LogP contribution in [0.5, 0.6) is 11.5 Å². The van der Waals surface area contributed by atoms with E-state index in [0.717, 1.165) is 14.7 Å². The van der Waals surface area contributed by atoms with E-state index in [4.69, 9.17) is 21.7 Å². The molecule has 0 spiro atoms. The van der Waals surface area contributed by atoms with E-state index in [2.05, 4.69) is 31.2 Å². The van der Waals surface area contributed by atoms with Crippen LogP contribution in [0.3, 0.4) is 0 Å². The molecule has 0 fully saturated rings. The second kappa shape index (κ2) is 5.41. The lowest BCUT2D eigenvalue weighted by Crippen LogP contribution is -2.22. The number of hydrogen-bond donors (Lipinski definition) is 1. The van der Waals surface area contributed by atoms with Crippen LogP contribution < -0.4 is 15.0 Å². The SMILES string of the molecule is Cc1n[nH]c(=S)n(/N=C\c2cc(Br)c3c(c2)OCO3)c1=O. The average Bonchev–Trinajstić information content (AvgIpc) is 2.92. The molecule has 2 heterocycles. The van der Waals surface area contributed by atoms with Gasteiger partial charge in [0, 0.05) is 0 Å². The molecule has 0 saturated heterocycles. The van der Waals surface area contributed by atoms with Crippen LogP contribution in [0.1, 0.15) is 11.3 Å². The second-order valence-electron chi connectivity index (χ2n) is 4.21. The Labute approximate surface area is 132 Å². The number of hydrogen-bond acceptors (Lipinski definition) is 6. The summed E-state index contributed by atoms with van der Waals surface area (Å²) in [6.45, 7) is 1.76. The Bertz CT molecular complexity index is 859. The highest BCUT2D eigenvalue weighted by atomic mass is 79.9. The van der Waals surface area contributed by atoms with Gasteiger partial charge in [0.15, 0.2) is 11.5 Å². The molecule has 0 unspecified atom stereocenters. The molecule has 3 rings (SSSR count). The number of aromatic nitrogens is 3. The van der Waals surface area contributed by atoms with Crippen LogP contribution in [-0.4, -0.2) is 27.9 Å². The number of aromatic amines is 1. The lowest BCUT2D eigenvalue weighted by molar-refractivity contribution is 0.173. The number of rotatable bonds is 2. The maximum absolute atomic E-state index is 11.9. The molecule has 21 heavy (non-hydrogen) atoms. The van der Waals surface area contributed by atoms with E-state index in [1.807, 2.05) is 6.07 Å². The molecule has 7 nitrogen and oxygen atoms in total. The molecule has 0 atom stereocenters. The van der Waals surface area contributed by atoms with Gasteiger partial charge in [0.05, 0.1) is 10.7 Å². The Morgan fingerprint density at radius 2 is 2.33 bits per heavy atom. The monoisotopic (exact) mass is 368 g/mol. The molecule has 1 N–H and O–H groups in total. The predicted molar refractivity (Wildman–Crippen MR) is 81.7 cm³/mol. The van der Waals surface area contributed by atoms with Gasteiger partial charge in [-0.2, -0.15) is 14.9 Å². The molecule has 108 valence electrons. The van der Waals surface area contributed by atoms with Gasteiger partial charge >= 0.3 is 0 Å². The van der Waals surface area contributed by atoms with E-state index in [9.17, 15) is 4.79 Å². The minimum atomic E-state index is -0.366. The van der Waals surface area contributed by atoms with Gasteiger partial charge in [0.2, 0.25) is 11.6 Å². The van der Waals surface area contributed by atoms with Crippen LogP contribution in [0.2, 0.25) is 0 Å². The van der Waals surface area contributed by atoms with Crippen LogP contribution in [0.25, 0.3) is 0 Å². The Morgan fingerprint density at radius 3 is 3.14 bits per heavy atom. The van der Waals surface area contributed by atoms with Crippen LogP contribution >= 0.6 is 28.1 Å². The largest absolute Gasteiger partial charge is 0.454 e. The van der Waals surface area contributed by atoms with E-state index >= 15 is 0 Å². The quantitative estimate of drug-likeness (QED) is 0.647. The summed E-state index contributed by atoms with van der Waals surface area (Å²) in [5, 5.41) is 10.4. The van der Waals surface area contributed by atoms with Crippen molar-refractivity contribution in [2.75, 3.05) is 6.79 Å². The fraction of sp³-hybridized carbons (Fsp3) is 0.167. The molecular formula is C12H9BrN4O3S. The normalized spacial score (nSPS) is 13.0. The maximum atomic E-state index is 11.9. The van der Waals surface area contributed by atoms with Crippen molar-refractivity contribution in [3.05, 3.63) is 43.0 Å². The fourth-order valence-electron chi connectivity index (χ4n) is 1.76. The van der Waals surface area contributed by atoms with Gasteiger partial charge in [-0.05, 0) is 52.8 Å². The molecule has 0 saturated carbocycles. The smallest absolute Gasteiger partial charge is 0.296 e. The topological polar surface area (TPSA) is 81.5 Å². The van der Waals surface area contributed by atoms with Gasteiger partial charge < -0.3 is 9.47 Å². The lowest BCUT2D eigenvalue weighted by Gasteiger charge is -2.02. The van der Waals surface area contributed by atoms with E-state index < -0.39 is 0 Å². The zero-order chi connectivity index (χ0) is 15.0. The van der Waals surface area contributed by atoms with Crippen molar-refractivity contribution in [3.63, 3.8) is 0 Å². The van der Waals surface area contributed by atoms with Gasteiger partial charge in [-0.1, -0.05) is 0 Å². The summed E-state index contributed by atoms with van der Waals surface area (Å²) in [7, 11) is 0. The van der Waals surface area contributed by atoms with Gasteiger partial charge in [-0.15, -0.1) is 0 Å². The first-order valence-corrected chi connectivity index (χ1v) is 7.08. The summed E-state index contributed by atoms with van der Waals surface area (Å²) in [5.41, 5.74) is 0.657. The minimum Gasteiger partial charge on any atom is -0.454 e. The standard InChI is InChI=1S/C12H9BrN4O3S/c1-6-11(18)17(12(21)16-15-6)14-4-7-2-8(13)10-9(3-7)19-5-20-10/h2-4H,5H2,1H3,(H,16,21)/b14-4-. The molecule has 2 aromatic rings. The Hall–Kier alpha value is -2.00. The predicted octanol–water partition coefficient (Wildman–Crippen LogP) is 1.98. The van der Waals surface area contributed by atoms with Gasteiger partial charge in [0.25, 0.3) is 5.56 Å². The highest BCUT2D eigenvalue weighted by molar-refractivity contribution is 9.10. The van der Waals surface area contributed by atoms with Crippen LogP contribution in [0.15, 0.2) is 26.5 Å². The number of nitrogens with one attached hydrogen (secondary N) is 1. The van der Waals surface area contributed by atoms with Gasteiger partial charge in [0.1, 0.15) is 5.69 Å².